The minimum Gasteiger partial charge on any atom is -0.0622 e. The van der Waals surface area contributed by atoms with E-state index in [1.54, 1.807) is 0 Å². The summed E-state index contributed by atoms with van der Waals surface area (Å²) in [7, 11) is 0. The van der Waals surface area contributed by atoms with Crippen molar-refractivity contribution in [3.63, 3.8) is 0 Å². The Kier molecular flexibility index (Phi) is 12.7. The van der Waals surface area contributed by atoms with Crippen LogP contribution in [0.2, 0.25) is 0 Å². The van der Waals surface area contributed by atoms with Crippen molar-refractivity contribution >= 4 is 75.4 Å². The molecule has 17 aromatic rings. The highest BCUT2D eigenvalue weighted by Crippen LogP contribution is 2.57. The molecule has 0 unspecified atom stereocenters. The quantitative estimate of drug-likeness (QED) is 0.115. The standard InChI is InChI=1S/C49H34.C45H32/c1-49(2)44-28-27-34(30-43(44)47-37-21-8-6-19-35(37)36-20-7-13-26-42(36)48(47)49)46-40-24-11-9-22-38(40)45(39-23-10-12-25-41(39)46)33-18-14-17-32(29-33)31-15-4-3-5-16-31;1-45(2)41-24-23-34(27-39(41)40-26-31-15-6-7-16-32(31)28-42(40)45)44-37-21-10-8-19-35(37)43(36-20-9-11-22-38(36)44)33-18-12-17-30(25-33)29-13-4-3-5-14-29/h3-30H,1-2H3;3-28H,1-2H3. The van der Waals surface area contributed by atoms with E-state index in [1.807, 2.05) is 0 Å². The maximum atomic E-state index is 2.49. The van der Waals surface area contributed by atoms with E-state index in [-0.39, 0.29) is 10.8 Å². The fourth-order valence-corrected chi connectivity index (χ4v) is 16.7. The molecule has 0 nitrogen and oxygen atoms in total. The first kappa shape index (κ1) is 55.4. The third kappa shape index (κ3) is 8.60. The molecule has 0 saturated heterocycles. The molecule has 19 rings (SSSR count). The Morgan fingerprint density at radius 3 is 0.904 bits per heavy atom. The fourth-order valence-electron chi connectivity index (χ4n) is 16.7. The SMILES string of the molecule is CC1(C)c2ccc(-c3c4ccccc4c(-c4cccc(-c5ccccc5)c4)c4ccccc34)cc2-c2c1c1ccccc1c1ccccc21.CC1(C)c2ccc(-c3c4ccccc4c(-c4cccc(-c5ccccc5)c4)c4ccccc34)cc2-c2cc3ccccc3cc21. The van der Waals surface area contributed by atoms with Gasteiger partial charge in [-0.2, -0.15) is 0 Å². The largest absolute Gasteiger partial charge is 0.0622 e. The summed E-state index contributed by atoms with van der Waals surface area (Å²) in [5, 5.41) is 18.2. The van der Waals surface area contributed by atoms with Crippen molar-refractivity contribution in [2.75, 3.05) is 0 Å². The lowest BCUT2D eigenvalue weighted by Gasteiger charge is -2.24. The molecule has 2 aliphatic carbocycles. The minimum atomic E-state index is -0.120. The van der Waals surface area contributed by atoms with E-state index < -0.39 is 0 Å². The molecule has 2 aliphatic rings. The number of rotatable bonds is 6. The van der Waals surface area contributed by atoms with Crippen LogP contribution in [0.5, 0.6) is 0 Å². The second-order valence-electron chi connectivity index (χ2n) is 26.9. The molecule has 442 valence electrons. The van der Waals surface area contributed by atoms with Crippen molar-refractivity contribution in [3.05, 3.63) is 350 Å². The molecule has 0 fully saturated rings. The summed E-state index contributed by atoms with van der Waals surface area (Å²) in [6.45, 7) is 9.55. The Bertz CT molecular complexity index is 5850. The fraction of sp³-hybridized carbons (Fsp3) is 0.0638. The van der Waals surface area contributed by atoms with E-state index in [2.05, 4.69) is 355 Å². The van der Waals surface area contributed by atoms with Crippen molar-refractivity contribution in [1.29, 1.82) is 0 Å². The van der Waals surface area contributed by atoms with E-state index in [0.29, 0.717) is 0 Å². The van der Waals surface area contributed by atoms with Crippen LogP contribution in [0, 0.1) is 0 Å². The van der Waals surface area contributed by atoms with Crippen LogP contribution in [0.15, 0.2) is 328 Å². The van der Waals surface area contributed by atoms with Crippen LogP contribution in [0.25, 0.3) is 164 Å². The summed E-state index contributed by atoms with van der Waals surface area (Å²) < 4.78 is 0. The first-order chi connectivity index (χ1) is 46.2. The molecule has 0 radical (unpaired) electrons. The molecular weight excluding hydrogens is 1130 g/mol. The predicted molar refractivity (Wildman–Crippen MR) is 403 cm³/mol. The Morgan fingerprint density at radius 1 is 0.170 bits per heavy atom. The maximum absolute atomic E-state index is 2.49. The lowest BCUT2D eigenvalue weighted by Crippen LogP contribution is -2.15. The number of fused-ring (bicyclic) bond motifs is 16. The van der Waals surface area contributed by atoms with Gasteiger partial charge < -0.3 is 0 Å². The summed E-state index contributed by atoms with van der Waals surface area (Å²) in [6.07, 6.45) is 0. The van der Waals surface area contributed by atoms with Gasteiger partial charge in [0.15, 0.2) is 0 Å². The van der Waals surface area contributed by atoms with Crippen LogP contribution in [-0.4, -0.2) is 0 Å². The first-order valence-corrected chi connectivity index (χ1v) is 33.1. The van der Waals surface area contributed by atoms with Gasteiger partial charge in [0.25, 0.3) is 0 Å². The zero-order valence-corrected chi connectivity index (χ0v) is 53.2. The van der Waals surface area contributed by atoms with E-state index in [9.17, 15) is 0 Å². The highest BCUT2D eigenvalue weighted by molar-refractivity contribution is 6.24. The second kappa shape index (κ2) is 21.6. The highest BCUT2D eigenvalue weighted by atomic mass is 14.4. The lowest BCUT2D eigenvalue weighted by atomic mass is 9.79. The van der Waals surface area contributed by atoms with Crippen molar-refractivity contribution in [3.8, 4) is 89.0 Å². The van der Waals surface area contributed by atoms with Crippen LogP contribution in [-0.2, 0) is 10.8 Å². The summed E-state index contributed by atoms with van der Waals surface area (Å²) >= 11 is 0. The van der Waals surface area contributed by atoms with E-state index in [4.69, 9.17) is 0 Å². The van der Waals surface area contributed by atoms with Gasteiger partial charge in [-0.25, -0.2) is 0 Å². The van der Waals surface area contributed by atoms with E-state index in [1.165, 1.54) is 187 Å². The molecule has 17 aromatic carbocycles. The Balaban J connectivity index is 0.000000138. The number of hydrogen-bond donors (Lipinski definition) is 0. The highest BCUT2D eigenvalue weighted by Gasteiger charge is 2.39. The predicted octanol–water partition coefficient (Wildman–Crippen LogP) is 26.1. The summed E-state index contributed by atoms with van der Waals surface area (Å²) in [5.41, 5.74) is 26.1. The topological polar surface area (TPSA) is 0 Å². The van der Waals surface area contributed by atoms with Gasteiger partial charge in [-0.05, 0) is 223 Å². The van der Waals surface area contributed by atoms with Crippen LogP contribution in [0.3, 0.4) is 0 Å². The molecule has 0 aromatic heterocycles. The number of benzene rings is 17. The monoisotopic (exact) mass is 1190 g/mol. The van der Waals surface area contributed by atoms with Crippen LogP contribution >= 0.6 is 0 Å². The van der Waals surface area contributed by atoms with E-state index in [0.717, 1.165) is 0 Å². The van der Waals surface area contributed by atoms with Crippen molar-refractivity contribution in [1.82, 2.24) is 0 Å². The molecule has 0 heterocycles. The normalized spacial score (nSPS) is 13.3. The van der Waals surface area contributed by atoms with Gasteiger partial charge in [-0.3, -0.25) is 0 Å². The van der Waals surface area contributed by atoms with Crippen LogP contribution in [0.1, 0.15) is 49.9 Å². The van der Waals surface area contributed by atoms with Gasteiger partial charge in [0.05, 0.1) is 0 Å². The Morgan fingerprint density at radius 2 is 0.468 bits per heavy atom. The summed E-state index contributed by atoms with van der Waals surface area (Å²) in [5.74, 6) is 0. The van der Waals surface area contributed by atoms with Crippen molar-refractivity contribution in [2.45, 2.75) is 38.5 Å². The van der Waals surface area contributed by atoms with Gasteiger partial charge in [-0.1, -0.05) is 319 Å². The van der Waals surface area contributed by atoms with Gasteiger partial charge in [-0.15, -0.1) is 0 Å². The molecular formula is C94H66. The molecule has 0 bridgehead atoms. The summed E-state index contributed by atoms with van der Waals surface area (Å²) in [6, 6.07) is 121. The maximum Gasteiger partial charge on any atom is 0.0165 e. The molecule has 0 N–H and O–H groups in total. The van der Waals surface area contributed by atoms with Gasteiger partial charge in [0.1, 0.15) is 0 Å². The third-order valence-electron chi connectivity index (χ3n) is 21.0. The van der Waals surface area contributed by atoms with Crippen molar-refractivity contribution < 1.29 is 0 Å². The first-order valence-electron chi connectivity index (χ1n) is 33.1. The molecule has 94 heavy (non-hydrogen) atoms. The summed E-state index contributed by atoms with van der Waals surface area (Å²) in [4.78, 5) is 0. The smallest absolute Gasteiger partial charge is 0.0165 e. The average molecular weight is 1200 g/mol. The molecule has 0 spiro atoms. The molecule has 0 atom stereocenters. The molecule has 0 heteroatoms. The second-order valence-corrected chi connectivity index (χ2v) is 26.9. The zero-order chi connectivity index (χ0) is 62.8. The lowest BCUT2D eigenvalue weighted by molar-refractivity contribution is 0.661. The van der Waals surface area contributed by atoms with Gasteiger partial charge in [0.2, 0.25) is 0 Å². The minimum absolute atomic E-state index is 0.0506. The van der Waals surface area contributed by atoms with Crippen LogP contribution in [0.4, 0.5) is 0 Å². The average Bonchev–Trinajstić information content (AvgIpc) is 1.50. The van der Waals surface area contributed by atoms with Gasteiger partial charge >= 0.3 is 0 Å². The van der Waals surface area contributed by atoms with Gasteiger partial charge in [0, 0.05) is 10.8 Å². The third-order valence-corrected chi connectivity index (χ3v) is 21.0. The number of hydrogen-bond acceptors (Lipinski definition) is 0. The molecule has 0 saturated carbocycles. The zero-order valence-electron chi connectivity index (χ0n) is 53.2. The van der Waals surface area contributed by atoms with Crippen molar-refractivity contribution in [2.24, 2.45) is 0 Å². The van der Waals surface area contributed by atoms with Crippen LogP contribution < -0.4 is 0 Å². The van der Waals surface area contributed by atoms with E-state index >= 15 is 0 Å². The Labute approximate surface area is 549 Å². The molecule has 0 aliphatic heterocycles. The molecule has 0 amide bonds. The Hall–Kier alpha value is -11.4.